The third-order valence-electron chi connectivity index (χ3n) is 2.09. The molecule has 6 heteroatoms. The van der Waals surface area contributed by atoms with E-state index < -0.39 is 5.56 Å². The highest BCUT2D eigenvalue weighted by Gasteiger charge is 2.11. The van der Waals surface area contributed by atoms with E-state index >= 15 is 0 Å². The molecule has 82 valence electrons. The first-order chi connectivity index (χ1) is 7.74. The second-order valence-electron chi connectivity index (χ2n) is 3.08. The topological polar surface area (TPSA) is 83.0 Å². The number of nitrogen functional groups attached to an aromatic ring is 1. The van der Waals surface area contributed by atoms with Crippen molar-refractivity contribution < 1.29 is 4.74 Å². The first-order valence-electron chi connectivity index (χ1n) is 4.58. The van der Waals surface area contributed by atoms with Crippen LogP contribution in [0, 0.1) is 0 Å². The van der Waals surface area contributed by atoms with Gasteiger partial charge >= 0.3 is 11.6 Å². The Balaban J connectivity index is 2.61. The maximum Gasteiger partial charge on any atom is 0.337 e. The van der Waals surface area contributed by atoms with Crippen molar-refractivity contribution in [2.24, 2.45) is 0 Å². The molecule has 0 saturated heterocycles. The zero-order valence-corrected chi connectivity index (χ0v) is 8.62. The zero-order chi connectivity index (χ0) is 11.5. The predicted molar refractivity (Wildman–Crippen MR) is 58.4 cm³/mol. The van der Waals surface area contributed by atoms with Gasteiger partial charge < -0.3 is 10.6 Å². The van der Waals surface area contributed by atoms with E-state index in [4.69, 9.17) is 10.6 Å². The number of rotatable bonds is 2. The van der Waals surface area contributed by atoms with Crippen LogP contribution in [0.3, 0.4) is 0 Å². The molecule has 1 aromatic heterocycles. The highest BCUT2D eigenvalue weighted by molar-refractivity contribution is 5.57. The second-order valence-corrected chi connectivity index (χ2v) is 3.08. The molecule has 6 nitrogen and oxygen atoms in total. The minimum atomic E-state index is -0.446. The van der Waals surface area contributed by atoms with Gasteiger partial charge in [-0.3, -0.25) is 4.79 Å². The smallest absolute Gasteiger partial charge is 0.337 e. The van der Waals surface area contributed by atoms with Crippen molar-refractivity contribution in [3.63, 3.8) is 0 Å². The van der Waals surface area contributed by atoms with E-state index in [2.05, 4.69) is 10.2 Å². The van der Waals surface area contributed by atoms with Crippen LogP contribution >= 0.6 is 0 Å². The van der Waals surface area contributed by atoms with Crippen molar-refractivity contribution >= 4 is 0 Å². The lowest BCUT2D eigenvalue weighted by molar-refractivity contribution is 0.355. The minimum absolute atomic E-state index is 0.0234. The van der Waals surface area contributed by atoms with E-state index in [1.165, 1.54) is 7.11 Å². The highest BCUT2D eigenvalue weighted by atomic mass is 16.5. The molecule has 0 unspecified atom stereocenters. The Morgan fingerprint density at radius 3 is 2.56 bits per heavy atom. The molecule has 0 aliphatic rings. The monoisotopic (exact) mass is 218 g/mol. The summed E-state index contributed by atoms with van der Waals surface area (Å²) in [5.41, 5.74) is 0.420. The molecular weight excluding hydrogens is 208 g/mol. The van der Waals surface area contributed by atoms with E-state index in [1.54, 1.807) is 12.1 Å². The van der Waals surface area contributed by atoms with Gasteiger partial charge in [0.25, 0.3) is 0 Å². The van der Waals surface area contributed by atoms with Crippen molar-refractivity contribution in [2.75, 3.05) is 13.0 Å². The largest absolute Gasteiger partial charge is 0.466 e. The molecule has 1 heterocycles. The van der Waals surface area contributed by atoms with Gasteiger partial charge in [0.05, 0.1) is 7.11 Å². The Morgan fingerprint density at radius 1 is 1.25 bits per heavy atom. The maximum absolute atomic E-state index is 11.8. The molecule has 1 aromatic carbocycles. The van der Waals surface area contributed by atoms with Gasteiger partial charge in [0.1, 0.15) is 0 Å². The van der Waals surface area contributed by atoms with Gasteiger partial charge in [-0.15, -0.1) is 5.10 Å². The number of aromatic nitrogens is 3. The van der Waals surface area contributed by atoms with Crippen LogP contribution in [0.5, 0.6) is 6.01 Å². The van der Waals surface area contributed by atoms with Gasteiger partial charge in [0, 0.05) is 5.56 Å². The number of methoxy groups -OCH3 is 1. The van der Waals surface area contributed by atoms with Crippen LogP contribution in [0.2, 0.25) is 0 Å². The molecule has 16 heavy (non-hydrogen) atoms. The van der Waals surface area contributed by atoms with Gasteiger partial charge in [-0.1, -0.05) is 35.4 Å². The highest BCUT2D eigenvalue weighted by Crippen LogP contribution is 2.11. The second kappa shape index (κ2) is 4.01. The van der Waals surface area contributed by atoms with Crippen molar-refractivity contribution in [2.45, 2.75) is 0 Å². The third-order valence-corrected chi connectivity index (χ3v) is 2.09. The molecule has 0 bridgehead atoms. The molecule has 0 spiro atoms. The van der Waals surface area contributed by atoms with Crippen LogP contribution in [-0.2, 0) is 0 Å². The standard InChI is InChI=1S/C10H10N4O2/c1-16-10-13-12-8(9(15)14(10)11)7-5-3-2-4-6-7/h2-6H,11H2,1H3. The van der Waals surface area contributed by atoms with Gasteiger partial charge in [-0.2, -0.15) is 4.68 Å². The number of nitrogens with two attached hydrogens (primary N) is 1. The van der Waals surface area contributed by atoms with E-state index in [0.29, 0.717) is 5.56 Å². The van der Waals surface area contributed by atoms with E-state index in [-0.39, 0.29) is 11.7 Å². The summed E-state index contributed by atoms with van der Waals surface area (Å²) in [5, 5.41) is 7.49. The van der Waals surface area contributed by atoms with Crippen LogP contribution in [0.4, 0.5) is 0 Å². The van der Waals surface area contributed by atoms with Gasteiger partial charge in [-0.25, -0.2) is 0 Å². The summed E-state index contributed by atoms with van der Waals surface area (Å²) >= 11 is 0. The summed E-state index contributed by atoms with van der Waals surface area (Å²) < 4.78 is 5.61. The van der Waals surface area contributed by atoms with Crippen LogP contribution in [0.1, 0.15) is 0 Å². The summed E-state index contributed by atoms with van der Waals surface area (Å²) in [5.74, 6) is 5.51. The Bertz CT molecular complexity index is 550. The summed E-state index contributed by atoms with van der Waals surface area (Å²) in [6, 6.07) is 8.96. The van der Waals surface area contributed by atoms with Crippen molar-refractivity contribution in [3.8, 4) is 17.3 Å². The SMILES string of the molecule is COc1nnc(-c2ccccc2)c(=O)n1N. The number of hydrogen-bond acceptors (Lipinski definition) is 5. The molecule has 2 rings (SSSR count). The average Bonchev–Trinajstić information content (AvgIpc) is 2.34. The zero-order valence-electron chi connectivity index (χ0n) is 8.62. The first kappa shape index (κ1) is 10.2. The van der Waals surface area contributed by atoms with Crippen molar-refractivity contribution in [1.29, 1.82) is 0 Å². The van der Waals surface area contributed by atoms with Crippen LogP contribution in [-0.4, -0.2) is 22.0 Å². The molecule has 0 fully saturated rings. The Hall–Kier alpha value is -2.37. The summed E-state index contributed by atoms with van der Waals surface area (Å²) in [7, 11) is 1.37. The molecule has 0 radical (unpaired) electrons. The number of nitrogens with zero attached hydrogens (tertiary/aromatic N) is 3. The van der Waals surface area contributed by atoms with Gasteiger partial charge in [0.2, 0.25) is 0 Å². The lowest BCUT2D eigenvalue weighted by Crippen LogP contribution is -2.31. The van der Waals surface area contributed by atoms with Crippen molar-refractivity contribution in [1.82, 2.24) is 14.9 Å². The molecule has 2 aromatic rings. The van der Waals surface area contributed by atoms with Gasteiger partial charge in [0.15, 0.2) is 5.69 Å². The molecule has 2 N–H and O–H groups in total. The first-order valence-corrected chi connectivity index (χ1v) is 4.58. The van der Waals surface area contributed by atoms with Crippen LogP contribution in [0.15, 0.2) is 35.1 Å². The minimum Gasteiger partial charge on any atom is -0.466 e. The number of benzene rings is 1. The fraction of sp³-hybridized carbons (Fsp3) is 0.100. The quantitative estimate of drug-likeness (QED) is 0.719. The Morgan fingerprint density at radius 2 is 1.94 bits per heavy atom. The predicted octanol–water partition coefficient (Wildman–Crippen LogP) is 0.0277. The Kier molecular flexibility index (Phi) is 2.55. The Labute approximate surface area is 91.3 Å². The number of hydrogen-bond donors (Lipinski definition) is 1. The lowest BCUT2D eigenvalue weighted by Gasteiger charge is -2.05. The molecule has 0 aliphatic carbocycles. The maximum atomic E-state index is 11.8. The van der Waals surface area contributed by atoms with Crippen LogP contribution < -0.4 is 16.1 Å². The molecule has 0 atom stereocenters. The molecule has 0 aliphatic heterocycles. The average molecular weight is 218 g/mol. The van der Waals surface area contributed by atoms with E-state index in [0.717, 1.165) is 4.68 Å². The van der Waals surface area contributed by atoms with Crippen LogP contribution in [0.25, 0.3) is 11.3 Å². The fourth-order valence-corrected chi connectivity index (χ4v) is 1.30. The summed E-state index contributed by atoms with van der Waals surface area (Å²) in [6.45, 7) is 0. The summed E-state index contributed by atoms with van der Waals surface area (Å²) in [4.78, 5) is 11.8. The molecule has 0 saturated carbocycles. The van der Waals surface area contributed by atoms with Crippen molar-refractivity contribution in [3.05, 3.63) is 40.7 Å². The van der Waals surface area contributed by atoms with Gasteiger partial charge in [-0.05, 0) is 0 Å². The number of ether oxygens (including phenoxy) is 1. The van der Waals surface area contributed by atoms with E-state index in [9.17, 15) is 4.79 Å². The third kappa shape index (κ3) is 1.60. The fourth-order valence-electron chi connectivity index (χ4n) is 1.30. The normalized spacial score (nSPS) is 10.1. The molecular formula is C10H10N4O2. The van der Waals surface area contributed by atoms with E-state index in [1.807, 2.05) is 18.2 Å². The lowest BCUT2D eigenvalue weighted by atomic mass is 10.2. The molecule has 0 amide bonds. The summed E-state index contributed by atoms with van der Waals surface area (Å²) in [6.07, 6.45) is 0.